The molecule has 0 saturated heterocycles. The van der Waals surface area contributed by atoms with Crippen LogP contribution in [0.15, 0.2) is 24.3 Å². The Balaban J connectivity index is 2.76. The van der Waals surface area contributed by atoms with Crippen LogP contribution < -0.4 is 10.1 Å². The van der Waals surface area contributed by atoms with Crippen molar-refractivity contribution in [1.82, 2.24) is 5.32 Å². The maximum absolute atomic E-state index is 5.46. The molecule has 1 aromatic carbocycles. The third-order valence-electron chi connectivity index (χ3n) is 3.70. The molecule has 1 N–H and O–H groups in total. The number of nitrogens with one attached hydrogen (secondary N) is 1. The van der Waals surface area contributed by atoms with E-state index in [1.54, 1.807) is 14.2 Å². The number of rotatable bonds is 9. The lowest BCUT2D eigenvalue weighted by Gasteiger charge is -2.25. The molecule has 0 fully saturated rings. The topological polar surface area (TPSA) is 30.5 Å². The Morgan fingerprint density at radius 2 is 1.80 bits per heavy atom. The van der Waals surface area contributed by atoms with E-state index in [1.807, 2.05) is 12.1 Å². The minimum Gasteiger partial charge on any atom is -0.496 e. The van der Waals surface area contributed by atoms with Gasteiger partial charge in [0.25, 0.3) is 0 Å². The van der Waals surface area contributed by atoms with Gasteiger partial charge in [0, 0.05) is 19.8 Å². The first-order chi connectivity index (χ1) is 9.58. The lowest BCUT2D eigenvalue weighted by atomic mass is 9.88. The molecule has 1 rings (SSSR count). The Hall–Kier alpha value is -1.06. The van der Waals surface area contributed by atoms with E-state index in [9.17, 15) is 0 Å². The van der Waals surface area contributed by atoms with E-state index in [0.29, 0.717) is 17.9 Å². The molecule has 2 atom stereocenters. The van der Waals surface area contributed by atoms with Crippen molar-refractivity contribution in [3.05, 3.63) is 29.8 Å². The van der Waals surface area contributed by atoms with Gasteiger partial charge in [0.15, 0.2) is 0 Å². The van der Waals surface area contributed by atoms with Gasteiger partial charge in [0.1, 0.15) is 5.75 Å². The number of hydrogen-bond donors (Lipinski definition) is 1. The molecule has 20 heavy (non-hydrogen) atoms. The molecule has 0 aliphatic rings. The Kier molecular flexibility index (Phi) is 7.63. The highest BCUT2D eigenvalue weighted by Gasteiger charge is 2.19. The van der Waals surface area contributed by atoms with Crippen LogP contribution in [0.4, 0.5) is 0 Å². The quantitative estimate of drug-likeness (QED) is 0.753. The molecular formula is C17H29NO2. The van der Waals surface area contributed by atoms with Gasteiger partial charge in [0.05, 0.1) is 7.11 Å². The van der Waals surface area contributed by atoms with Crippen LogP contribution in [0.3, 0.4) is 0 Å². The summed E-state index contributed by atoms with van der Waals surface area (Å²) >= 11 is 0. The van der Waals surface area contributed by atoms with Crippen molar-refractivity contribution in [1.29, 1.82) is 0 Å². The average Bonchev–Trinajstić information content (AvgIpc) is 2.43. The molecule has 0 saturated carbocycles. The summed E-state index contributed by atoms with van der Waals surface area (Å²) in [6.07, 6.45) is 1.01. The molecule has 1 aromatic rings. The maximum Gasteiger partial charge on any atom is 0.122 e. The molecule has 114 valence electrons. The van der Waals surface area contributed by atoms with Crippen LogP contribution in [0.1, 0.15) is 26.3 Å². The average molecular weight is 279 g/mol. The van der Waals surface area contributed by atoms with Gasteiger partial charge in [-0.2, -0.15) is 0 Å². The van der Waals surface area contributed by atoms with Crippen LogP contribution in [0.25, 0.3) is 0 Å². The number of benzene rings is 1. The lowest BCUT2D eigenvalue weighted by molar-refractivity contribution is 0.127. The molecule has 0 bridgehead atoms. The third kappa shape index (κ3) is 5.51. The van der Waals surface area contributed by atoms with Gasteiger partial charge in [0.2, 0.25) is 0 Å². The summed E-state index contributed by atoms with van der Waals surface area (Å²) in [6.45, 7) is 8.41. The zero-order valence-electron chi connectivity index (χ0n) is 13.5. The van der Waals surface area contributed by atoms with E-state index < -0.39 is 0 Å². The summed E-state index contributed by atoms with van der Waals surface area (Å²) in [4.78, 5) is 0. The first-order valence-corrected chi connectivity index (χ1v) is 7.42. The molecule has 0 amide bonds. The zero-order chi connectivity index (χ0) is 15.0. The Bertz CT molecular complexity index is 379. The van der Waals surface area contributed by atoms with Gasteiger partial charge >= 0.3 is 0 Å². The van der Waals surface area contributed by atoms with Crippen molar-refractivity contribution in [2.45, 2.75) is 33.2 Å². The van der Waals surface area contributed by atoms with E-state index in [1.165, 1.54) is 5.56 Å². The van der Waals surface area contributed by atoms with Crippen LogP contribution in [-0.4, -0.2) is 33.4 Å². The second-order valence-corrected chi connectivity index (χ2v) is 5.77. The second kappa shape index (κ2) is 8.98. The van der Waals surface area contributed by atoms with Crippen LogP contribution in [-0.2, 0) is 11.2 Å². The highest BCUT2D eigenvalue weighted by atomic mass is 16.5. The normalized spacial score (nSPS) is 14.3. The Labute approximate surface area is 123 Å². The summed E-state index contributed by atoms with van der Waals surface area (Å²) in [6, 6.07) is 8.78. The fourth-order valence-corrected chi connectivity index (χ4v) is 2.41. The molecule has 0 heterocycles. The molecule has 0 radical (unpaired) electrons. The summed E-state index contributed by atoms with van der Waals surface area (Å²) in [7, 11) is 3.51. The first-order valence-electron chi connectivity index (χ1n) is 7.42. The van der Waals surface area contributed by atoms with Crippen LogP contribution in [0.2, 0.25) is 0 Å². The van der Waals surface area contributed by atoms with Crippen molar-refractivity contribution >= 4 is 0 Å². The minimum absolute atomic E-state index is 0.505. The molecule has 3 nitrogen and oxygen atoms in total. The Morgan fingerprint density at radius 1 is 1.10 bits per heavy atom. The highest BCUT2D eigenvalue weighted by molar-refractivity contribution is 5.33. The van der Waals surface area contributed by atoms with E-state index in [-0.39, 0.29) is 0 Å². The fraction of sp³-hybridized carbons (Fsp3) is 0.647. The standard InChI is InChI=1S/C17H29NO2/c1-13(2)18-11-16(14(3)12-19-4)10-15-8-6-7-9-17(15)20-5/h6-9,13-14,16,18H,10-12H2,1-5H3. The molecule has 3 heteroatoms. The summed E-state index contributed by atoms with van der Waals surface area (Å²) < 4.78 is 10.8. The molecule has 2 unspecified atom stereocenters. The van der Waals surface area contributed by atoms with Crippen molar-refractivity contribution in [2.75, 3.05) is 27.4 Å². The Morgan fingerprint density at radius 3 is 2.40 bits per heavy atom. The zero-order valence-corrected chi connectivity index (χ0v) is 13.5. The predicted octanol–water partition coefficient (Wildman–Crippen LogP) is 3.13. The number of hydrogen-bond acceptors (Lipinski definition) is 3. The summed E-state index contributed by atoms with van der Waals surface area (Å²) in [5.41, 5.74) is 1.27. The monoisotopic (exact) mass is 279 g/mol. The lowest BCUT2D eigenvalue weighted by Crippen LogP contribution is -2.34. The fourth-order valence-electron chi connectivity index (χ4n) is 2.41. The maximum atomic E-state index is 5.46. The van der Waals surface area contributed by atoms with Crippen molar-refractivity contribution < 1.29 is 9.47 Å². The van der Waals surface area contributed by atoms with Crippen molar-refractivity contribution in [2.24, 2.45) is 11.8 Å². The SMILES string of the molecule is COCC(C)C(CNC(C)C)Cc1ccccc1OC. The number of ether oxygens (including phenoxy) is 2. The highest BCUT2D eigenvalue weighted by Crippen LogP contribution is 2.24. The largest absolute Gasteiger partial charge is 0.496 e. The molecule has 0 spiro atoms. The summed E-state index contributed by atoms with van der Waals surface area (Å²) in [5, 5.41) is 3.55. The molecule has 0 aliphatic carbocycles. The summed E-state index contributed by atoms with van der Waals surface area (Å²) in [5.74, 6) is 2.02. The van der Waals surface area contributed by atoms with Crippen molar-refractivity contribution in [3.63, 3.8) is 0 Å². The van der Waals surface area contributed by atoms with Gasteiger partial charge in [-0.1, -0.05) is 39.0 Å². The van der Waals surface area contributed by atoms with Crippen LogP contribution >= 0.6 is 0 Å². The molecule has 0 aliphatic heterocycles. The molecular weight excluding hydrogens is 250 g/mol. The van der Waals surface area contributed by atoms with Gasteiger partial charge in [-0.25, -0.2) is 0 Å². The van der Waals surface area contributed by atoms with Gasteiger partial charge in [-0.15, -0.1) is 0 Å². The van der Waals surface area contributed by atoms with E-state index in [4.69, 9.17) is 9.47 Å². The third-order valence-corrected chi connectivity index (χ3v) is 3.70. The first kappa shape index (κ1) is 17.0. The molecule has 0 aromatic heterocycles. The predicted molar refractivity (Wildman–Crippen MR) is 84.4 cm³/mol. The van der Waals surface area contributed by atoms with Crippen LogP contribution in [0, 0.1) is 11.8 Å². The van der Waals surface area contributed by atoms with E-state index in [2.05, 4.69) is 38.2 Å². The van der Waals surface area contributed by atoms with Gasteiger partial charge in [-0.3, -0.25) is 0 Å². The number of para-hydroxylation sites is 1. The second-order valence-electron chi connectivity index (χ2n) is 5.77. The smallest absolute Gasteiger partial charge is 0.122 e. The van der Waals surface area contributed by atoms with Gasteiger partial charge in [-0.05, 0) is 36.4 Å². The van der Waals surface area contributed by atoms with Crippen LogP contribution in [0.5, 0.6) is 5.75 Å². The van der Waals surface area contributed by atoms with Gasteiger partial charge < -0.3 is 14.8 Å². The van der Waals surface area contributed by atoms with E-state index >= 15 is 0 Å². The van der Waals surface area contributed by atoms with E-state index in [0.717, 1.165) is 25.3 Å². The minimum atomic E-state index is 0.505. The number of methoxy groups -OCH3 is 2. The van der Waals surface area contributed by atoms with Crippen molar-refractivity contribution in [3.8, 4) is 5.75 Å².